The Morgan fingerprint density at radius 3 is 2.50 bits per heavy atom. The highest BCUT2D eigenvalue weighted by Gasteiger charge is 2.13. The van der Waals surface area contributed by atoms with Gasteiger partial charge in [0.15, 0.2) is 5.82 Å². The summed E-state index contributed by atoms with van der Waals surface area (Å²) in [6, 6.07) is 0. The second-order valence-electron chi connectivity index (χ2n) is 4.24. The number of hydrogen-bond donors (Lipinski definition) is 1. The van der Waals surface area contributed by atoms with Crippen LogP contribution in [0.25, 0.3) is 0 Å². The largest absolute Gasteiger partial charge is 0.330 e. The first-order valence-electron chi connectivity index (χ1n) is 5.14. The second kappa shape index (κ2) is 4.55. The van der Waals surface area contributed by atoms with Crippen LogP contribution < -0.4 is 5.73 Å². The van der Waals surface area contributed by atoms with Crippen molar-refractivity contribution in [2.45, 2.75) is 33.1 Å². The molecule has 80 valence electrons. The lowest BCUT2D eigenvalue weighted by Gasteiger charge is -2.05. The topological polar surface area (TPSA) is 56.7 Å². The molecular weight excluding hydrogens is 176 g/mol. The molecule has 1 atom stereocenters. The van der Waals surface area contributed by atoms with Crippen LogP contribution in [0.5, 0.6) is 0 Å². The molecule has 2 N–H and O–H groups in total. The highest BCUT2D eigenvalue weighted by molar-refractivity contribution is 4.99. The average Bonchev–Trinajstić information content (AvgIpc) is 2.44. The fourth-order valence-corrected chi connectivity index (χ4v) is 1.44. The Balaban J connectivity index is 2.82. The molecule has 0 saturated carbocycles. The van der Waals surface area contributed by atoms with E-state index in [1.54, 1.807) is 0 Å². The van der Waals surface area contributed by atoms with E-state index in [1.807, 2.05) is 11.7 Å². The van der Waals surface area contributed by atoms with Crippen molar-refractivity contribution in [3.05, 3.63) is 11.6 Å². The number of rotatable bonds is 4. The molecule has 0 aliphatic rings. The van der Waals surface area contributed by atoms with Gasteiger partial charge in [0.2, 0.25) is 0 Å². The van der Waals surface area contributed by atoms with Gasteiger partial charge in [0, 0.05) is 25.9 Å². The smallest absolute Gasteiger partial charge is 0.151 e. The molecule has 1 aromatic rings. The van der Waals surface area contributed by atoms with Crippen LogP contribution in [0.2, 0.25) is 0 Å². The van der Waals surface area contributed by atoms with Gasteiger partial charge in [-0.2, -0.15) is 5.10 Å². The third kappa shape index (κ3) is 2.54. The summed E-state index contributed by atoms with van der Waals surface area (Å²) >= 11 is 0. The highest BCUT2D eigenvalue weighted by atomic mass is 15.3. The maximum atomic E-state index is 5.60. The summed E-state index contributed by atoms with van der Waals surface area (Å²) in [5, 5.41) is 4.37. The summed E-state index contributed by atoms with van der Waals surface area (Å²) in [5.41, 5.74) is 5.60. The summed E-state index contributed by atoms with van der Waals surface area (Å²) < 4.78 is 1.84. The molecule has 0 saturated heterocycles. The number of hydrogen-bond acceptors (Lipinski definition) is 3. The van der Waals surface area contributed by atoms with Gasteiger partial charge in [-0.1, -0.05) is 20.8 Å². The lowest BCUT2D eigenvalue weighted by atomic mass is 10.1. The minimum absolute atomic E-state index is 0.286. The van der Waals surface area contributed by atoms with E-state index in [4.69, 9.17) is 5.73 Å². The molecule has 1 rings (SSSR count). The number of aryl methyl sites for hydroxylation is 1. The van der Waals surface area contributed by atoms with Gasteiger partial charge < -0.3 is 5.73 Å². The molecule has 0 bridgehead atoms. The second-order valence-corrected chi connectivity index (χ2v) is 4.24. The summed E-state index contributed by atoms with van der Waals surface area (Å²) in [5.74, 6) is 2.80. The van der Waals surface area contributed by atoms with E-state index in [0.717, 1.165) is 18.1 Å². The lowest BCUT2D eigenvalue weighted by Crippen LogP contribution is -2.13. The summed E-state index contributed by atoms with van der Waals surface area (Å²) in [4.78, 5) is 4.49. The molecule has 0 amide bonds. The molecule has 0 aliphatic heterocycles. The van der Waals surface area contributed by atoms with Crippen LogP contribution in [-0.2, 0) is 13.5 Å². The van der Waals surface area contributed by atoms with E-state index in [1.165, 1.54) is 0 Å². The minimum Gasteiger partial charge on any atom is -0.330 e. The van der Waals surface area contributed by atoms with Gasteiger partial charge in [0.25, 0.3) is 0 Å². The van der Waals surface area contributed by atoms with Gasteiger partial charge in [-0.25, -0.2) is 4.98 Å². The predicted molar refractivity (Wildman–Crippen MR) is 57.0 cm³/mol. The Morgan fingerprint density at radius 2 is 2.00 bits per heavy atom. The molecule has 0 aromatic carbocycles. The lowest BCUT2D eigenvalue weighted by molar-refractivity contribution is 0.607. The first-order valence-corrected chi connectivity index (χ1v) is 5.14. The summed E-state index contributed by atoms with van der Waals surface area (Å²) in [7, 11) is 1.93. The van der Waals surface area contributed by atoms with Gasteiger partial charge >= 0.3 is 0 Å². The normalized spacial score (nSPS) is 13.6. The van der Waals surface area contributed by atoms with Crippen LogP contribution in [-0.4, -0.2) is 21.3 Å². The molecule has 0 aliphatic carbocycles. The Morgan fingerprint density at radius 1 is 1.36 bits per heavy atom. The van der Waals surface area contributed by atoms with Gasteiger partial charge in [-0.05, 0) is 5.92 Å². The van der Waals surface area contributed by atoms with Crippen LogP contribution in [0.4, 0.5) is 0 Å². The average molecular weight is 196 g/mol. The van der Waals surface area contributed by atoms with Crippen molar-refractivity contribution < 1.29 is 0 Å². The van der Waals surface area contributed by atoms with E-state index >= 15 is 0 Å². The van der Waals surface area contributed by atoms with Crippen molar-refractivity contribution in [1.29, 1.82) is 0 Å². The van der Waals surface area contributed by atoms with E-state index in [-0.39, 0.29) is 5.92 Å². The van der Waals surface area contributed by atoms with Crippen molar-refractivity contribution >= 4 is 0 Å². The Kier molecular flexibility index (Phi) is 3.63. The molecule has 1 heterocycles. The third-order valence-electron chi connectivity index (χ3n) is 2.23. The van der Waals surface area contributed by atoms with Gasteiger partial charge in [0.1, 0.15) is 5.82 Å². The van der Waals surface area contributed by atoms with Crippen molar-refractivity contribution in [2.75, 3.05) is 6.54 Å². The maximum absolute atomic E-state index is 5.60. The molecule has 1 aromatic heterocycles. The molecule has 0 fully saturated rings. The Labute approximate surface area is 85.5 Å². The van der Waals surface area contributed by atoms with Gasteiger partial charge in [-0.3, -0.25) is 4.68 Å². The summed E-state index contributed by atoms with van der Waals surface area (Å²) in [6.07, 6.45) is 0.936. The Hall–Kier alpha value is -0.900. The van der Waals surface area contributed by atoms with E-state index < -0.39 is 0 Å². The fraction of sp³-hybridized carbons (Fsp3) is 0.800. The fourth-order valence-electron chi connectivity index (χ4n) is 1.44. The van der Waals surface area contributed by atoms with Crippen LogP contribution in [0.3, 0.4) is 0 Å². The monoisotopic (exact) mass is 196 g/mol. The third-order valence-corrected chi connectivity index (χ3v) is 2.23. The zero-order valence-corrected chi connectivity index (χ0v) is 9.49. The quantitative estimate of drug-likeness (QED) is 0.784. The first kappa shape index (κ1) is 11.2. The maximum Gasteiger partial charge on any atom is 0.151 e. The van der Waals surface area contributed by atoms with E-state index in [2.05, 4.69) is 30.9 Å². The predicted octanol–water partition coefficient (Wildman–Crippen LogP) is 1.08. The van der Waals surface area contributed by atoms with Crippen LogP contribution >= 0.6 is 0 Å². The molecule has 1 unspecified atom stereocenters. The zero-order valence-electron chi connectivity index (χ0n) is 9.49. The molecule has 4 nitrogen and oxygen atoms in total. The highest BCUT2D eigenvalue weighted by Crippen LogP contribution is 2.12. The number of aromatic nitrogens is 3. The SMILES string of the molecule is CC(C)Cc1nc(C(C)CN)n(C)n1. The molecule has 14 heavy (non-hydrogen) atoms. The van der Waals surface area contributed by atoms with Crippen molar-refractivity contribution in [2.24, 2.45) is 18.7 Å². The van der Waals surface area contributed by atoms with E-state index in [9.17, 15) is 0 Å². The number of nitrogens with zero attached hydrogens (tertiary/aromatic N) is 3. The van der Waals surface area contributed by atoms with E-state index in [0.29, 0.717) is 12.5 Å². The van der Waals surface area contributed by atoms with Crippen molar-refractivity contribution in [3.8, 4) is 0 Å². The standard InChI is InChI=1S/C10H20N4/c1-7(2)5-9-12-10(8(3)6-11)14(4)13-9/h7-8H,5-6,11H2,1-4H3. The zero-order chi connectivity index (χ0) is 10.7. The molecular formula is C10H20N4. The minimum atomic E-state index is 0.286. The van der Waals surface area contributed by atoms with Crippen molar-refractivity contribution in [1.82, 2.24) is 14.8 Å². The van der Waals surface area contributed by atoms with Gasteiger partial charge in [-0.15, -0.1) is 0 Å². The van der Waals surface area contributed by atoms with Crippen LogP contribution in [0, 0.1) is 5.92 Å². The summed E-state index contributed by atoms with van der Waals surface area (Å²) in [6.45, 7) is 7.03. The molecule has 0 spiro atoms. The number of nitrogens with two attached hydrogens (primary N) is 1. The van der Waals surface area contributed by atoms with Crippen LogP contribution in [0.15, 0.2) is 0 Å². The molecule has 0 radical (unpaired) electrons. The van der Waals surface area contributed by atoms with Crippen LogP contribution in [0.1, 0.15) is 38.3 Å². The first-order chi connectivity index (χ1) is 6.54. The van der Waals surface area contributed by atoms with Gasteiger partial charge in [0.05, 0.1) is 0 Å². The Bertz CT molecular complexity index is 290. The molecule has 4 heteroatoms. The van der Waals surface area contributed by atoms with Crippen molar-refractivity contribution in [3.63, 3.8) is 0 Å².